The van der Waals surface area contributed by atoms with Crippen molar-refractivity contribution in [3.63, 3.8) is 0 Å². The minimum absolute atomic E-state index is 0.0637. The third-order valence-electron chi connectivity index (χ3n) is 5.41. The van der Waals surface area contributed by atoms with Crippen molar-refractivity contribution in [2.24, 2.45) is 5.92 Å². The minimum atomic E-state index is -0.0687. The van der Waals surface area contributed by atoms with Crippen molar-refractivity contribution in [1.82, 2.24) is 14.9 Å². The highest BCUT2D eigenvalue weighted by Crippen LogP contribution is 2.27. The molecule has 1 aliphatic rings. The fourth-order valence-electron chi connectivity index (χ4n) is 3.91. The van der Waals surface area contributed by atoms with Crippen LogP contribution in [-0.2, 0) is 4.79 Å². The number of nitrogens with zero attached hydrogens (tertiary/aromatic N) is 3. The molecular formula is C23H30N4O4. The van der Waals surface area contributed by atoms with Gasteiger partial charge >= 0.3 is 0 Å². The molecule has 8 nitrogen and oxygen atoms in total. The fourth-order valence-corrected chi connectivity index (χ4v) is 3.91. The molecule has 1 aromatic heterocycles. The Bertz CT molecular complexity index is 905. The lowest BCUT2D eigenvalue weighted by Crippen LogP contribution is -2.40. The Morgan fingerprint density at radius 2 is 1.81 bits per heavy atom. The van der Waals surface area contributed by atoms with Gasteiger partial charge in [0.25, 0.3) is 5.91 Å². The van der Waals surface area contributed by atoms with E-state index in [-0.39, 0.29) is 17.7 Å². The Labute approximate surface area is 183 Å². The molecule has 2 heterocycles. The molecule has 2 aromatic rings. The van der Waals surface area contributed by atoms with E-state index < -0.39 is 0 Å². The summed E-state index contributed by atoms with van der Waals surface area (Å²) in [5, 5.41) is 2.91. The molecule has 1 aliphatic heterocycles. The molecule has 8 heteroatoms. The number of likely N-dealkylation sites (tertiary alicyclic amines) is 1. The summed E-state index contributed by atoms with van der Waals surface area (Å²) in [6.07, 6.45) is 3.04. The summed E-state index contributed by atoms with van der Waals surface area (Å²) in [6, 6.07) is 7.00. The quantitative estimate of drug-likeness (QED) is 0.730. The maximum atomic E-state index is 12.9. The Balaban J connectivity index is 1.55. The highest BCUT2D eigenvalue weighted by Gasteiger charge is 2.26. The summed E-state index contributed by atoms with van der Waals surface area (Å²) < 4.78 is 10.5. The van der Waals surface area contributed by atoms with Crippen LogP contribution in [0.4, 0.5) is 5.69 Å². The zero-order chi connectivity index (χ0) is 22.4. The first-order valence-electron chi connectivity index (χ1n) is 10.5. The first-order chi connectivity index (χ1) is 14.9. The number of aryl methyl sites for hydroxylation is 2. The molecule has 0 aliphatic carbocycles. The molecule has 3 rings (SSSR count). The number of benzene rings is 1. The van der Waals surface area contributed by atoms with Gasteiger partial charge in [-0.2, -0.15) is 0 Å². The van der Waals surface area contributed by atoms with Gasteiger partial charge in [-0.15, -0.1) is 0 Å². The van der Waals surface area contributed by atoms with E-state index in [2.05, 4.69) is 15.3 Å². The zero-order valence-electron chi connectivity index (χ0n) is 18.6. The van der Waals surface area contributed by atoms with E-state index in [1.165, 1.54) is 0 Å². The van der Waals surface area contributed by atoms with Crippen molar-refractivity contribution in [1.29, 1.82) is 0 Å². The van der Waals surface area contributed by atoms with Crippen LogP contribution < -0.4 is 14.8 Å². The van der Waals surface area contributed by atoms with Crippen molar-refractivity contribution in [3.05, 3.63) is 41.5 Å². The average molecular weight is 427 g/mol. The molecular weight excluding hydrogens is 396 g/mol. The molecule has 1 fully saturated rings. The van der Waals surface area contributed by atoms with Crippen molar-refractivity contribution in [3.8, 4) is 11.5 Å². The summed E-state index contributed by atoms with van der Waals surface area (Å²) in [5.41, 5.74) is 1.86. The second-order valence-corrected chi connectivity index (χ2v) is 7.89. The van der Waals surface area contributed by atoms with E-state index >= 15 is 0 Å². The molecule has 166 valence electrons. The Hall–Kier alpha value is -3.16. The van der Waals surface area contributed by atoms with Gasteiger partial charge in [0.2, 0.25) is 5.91 Å². The summed E-state index contributed by atoms with van der Waals surface area (Å²) in [6.45, 7) is 5.01. The van der Waals surface area contributed by atoms with E-state index in [0.717, 1.165) is 25.0 Å². The number of anilines is 1. The van der Waals surface area contributed by atoms with Crippen LogP contribution in [0.15, 0.2) is 24.3 Å². The van der Waals surface area contributed by atoms with Gasteiger partial charge in [-0.05, 0) is 45.1 Å². The zero-order valence-corrected chi connectivity index (χ0v) is 18.6. The molecule has 1 saturated heterocycles. The third-order valence-corrected chi connectivity index (χ3v) is 5.41. The van der Waals surface area contributed by atoms with Gasteiger partial charge in [0, 0.05) is 49.1 Å². The molecule has 31 heavy (non-hydrogen) atoms. The maximum Gasteiger partial charge on any atom is 0.272 e. The van der Waals surface area contributed by atoms with Crippen LogP contribution in [0.1, 0.15) is 47.7 Å². The molecule has 0 saturated carbocycles. The van der Waals surface area contributed by atoms with Crippen LogP contribution >= 0.6 is 0 Å². The van der Waals surface area contributed by atoms with Crippen LogP contribution in [0.3, 0.4) is 0 Å². The molecule has 2 amide bonds. The van der Waals surface area contributed by atoms with Crippen LogP contribution in [0, 0.1) is 19.8 Å². The number of hydrogen-bond acceptors (Lipinski definition) is 6. The Morgan fingerprint density at radius 3 is 2.45 bits per heavy atom. The van der Waals surface area contributed by atoms with E-state index in [0.29, 0.717) is 48.2 Å². The van der Waals surface area contributed by atoms with E-state index in [9.17, 15) is 9.59 Å². The maximum absolute atomic E-state index is 12.9. The highest BCUT2D eigenvalue weighted by atomic mass is 16.5. The van der Waals surface area contributed by atoms with E-state index in [1.807, 2.05) is 11.8 Å². The van der Waals surface area contributed by atoms with Crippen molar-refractivity contribution >= 4 is 17.5 Å². The fraction of sp³-hybridized carbons (Fsp3) is 0.478. The number of carbonyl (C=O) groups is 2. The van der Waals surface area contributed by atoms with Crippen LogP contribution in [0.25, 0.3) is 0 Å². The topological polar surface area (TPSA) is 93.7 Å². The second kappa shape index (κ2) is 10.2. The number of nitrogens with one attached hydrogen (secondary N) is 1. The number of piperidine rings is 1. The predicted molar refractivity (Wildman–Crippen MR) is 118 cm³/mol. The van der Waals surface area contributed by atoms with Crippen molar-refractivity contribution in [2.45, 2.75) is 39.5 Å². The lowest BCUT2D eigenvalue weighted by molar-refractivity contribution is -0.116. The largest absolute Gasteiger partial charge is 0.497 e. The van der Waals surface area contributed by atoms with Gasteiger partial charge in [0.1, 0.15) is 23.0 Å². The molecule has 0 spiro atoms. The van der Waals surface area contributed by atoms with Gasteiger partial charge in [0.05, 0.1) is 14.2 Å². The number of hydrogen-bond donors (Lipinski definition) is 1. The molecule has 1 unspecified atom stereocenters. The predicted octanol–water partition coefficient (Wildman–Crippen LogP) is 3.38. The number of rotatable bonds is 7. The van der Waals surface area contributed by atoms with E-state index in [4.69, 9.17) is 9.47 Å². The number of methoxy groups -OCH3 is 2. The summed E-state index contributed by atoms with van der Waals surface area (Å²) in [5.74, 6) is 1.99. The Morgan fingerprint density at radius 1 is 1.10 bits per heavy atom. The third kappa shape index (κ3) is 6.16. The summed E-state index contributed by atoms with van der Waals surface area (Å²) >= 11 is 0. The Kier molecular flexibility index (Phi) is 7.44. The van der Waals surface area contributed by atoms with Crippen LogP contribution in [0.5, 0.6) is 11.5 Å². The summed E-state index contributed by atoms with van der Waals surface area (Å²) in [4.78, 5) is 35.7. The number of ether oxygens (including phenoxy) is 2. The molecule has 1 N–H and O–H groups in total. The number of carbonyl (C=O) groups excluding carboxylic acids is 2. The lowest BCUT2D eigenvalue weighted by atomic mass is 9.93. The SMILES string of the molecule is COc1cc(NC(=O)CCC2CCCN(C(=O)c3cc(C)nc(C)n3)C2)cc(OC)c1. The van der Waals surface area contributed by atoms with Gasteiger partial charge in [0.15, 0.2) is 0 Å². The van der Waals surface area contributed by atoms with Crippen LogP contribution in [0.2, 0.25) is 0 Å². The normalized spacial score (nSPS) is 16.0. The second-order valence-electron chi connectivity index (χ2n) is 7.89. The van der Waals surface area contributed by atoms with Gasteiger partial charge in [-0.25, -0.2) is 9.97 Å². The lowest BCUT2D eigenvalue weighted by Gasteiger charge is -2.32. The van der Waals surface area contributed by atoms with Crippen molar-refractivity contribution < 1.29 is 19.1 Å². The molecule has 1 atom stereocenters. The molecule has 0 bridgehead atoms. The molecule has 1 aromatic carbocycles. The van der Waals surface area contributed by atoms with Gasteiger partial charge in [-0.3, -0.25) is 9.59 Å². The average Bonchev–Trinajstić information content (AvgIpc) is 2.76. The smallest absolute Gasteiger partial charge is 0.272 e. The monoisotopic (exact) mass is 426 g/mol. The highest BCUT2D eigenvalue weighted by molar-refractivity contribution is 5.92. The standard InChI is InChI=1S/C23H30N4O4/c1-15-10-21(25-16(2)24-15)23(29)27-9-5-6-17(14-27)7-8-22(28)26-18-11-19(30-3)13-20(12-18)31-4/h10-13,17H,5-9,14H2,1-4H3,(H,26,28). The van der Waals surface area contributed by atoms with E-state index in [1.54, 1.807) is 45.4 Å². The van der Waals surface area contributed by atoms with Gasteiger partial charge in [-0.1, -0.05) is 0 Å². The minimum Gasteiger partial charge on any atom is -0.497 e. The number of amides is 2. The number of aromatic nitrogens is 2. The first kappa shape index (κ1) is 22.5. The first-order valence-corrected chi connectivity index (χ1v) is 10.5. The summed E-state index contributed by atoms with van der Waals surface area (Å²) in [7, 11) is 3.14. The molecule has 0 radical (unpaired) electrons. The van der Waals surface area contributed by atoms with Crippen LogP contribution in [-0.4, -0.2) is 54.0 Å². The van der Waals surface area contributed by atoms with Gasteiger partial charge < -0.3 is 19.7 Å². The van der Waals surface area contributed by atoms with Crippen molar-refractivity contribution in [2.75, 3.05) is 32.6 Å².